The number of aromatic nitrogens is 3. The van der Waals surface area contributed by atoms with Crippen molar-refractivity contribution >= 4 is 34.6 Å². The zero-order chi connectivity index (χ0) is 23.1. The Morgan fingerprint density at radius 2 is 1.73 bits per heavy atom. The van der Waals surface area contributed by atoms with E-state index in [0.717, 1.165) is 38.9 Å². The molecule has 0 aliphatic carbocycles. The first-order chi connectivity index (χ1) is 15.9. The van der Waals surface area contributed by atoms with E-state index in [-0.39, 0.29) is 5.91 Å². The number of nitrogens with one attached hydrogen (secondary N) is 1. The molecule has 0 unspecified atom stereocenters. The second kappa shape index (κ2) is 8.29. The zero-order valence-electron chi connectivity index (χ0n) is 19.0. The largest absolute Gasteiger partial charge is 0.326 e. The Kier molecular flexibility index (Phi) is 5.30. The van der Waals surface area contributed by atoms with Gasteiger partial charge in [0.25, 0.3) is 5.95 Å². The van der Waals surface area contributed by atoms with Crippen LogP contribution in [0, 0.1) is 20.8 Å². The molecule has 166 valence electrons. The fourth-order valence-corrected chi connectivity index (χ4v) is 5.20. The fraction of sp³-hybridized carbons (Fsp3) is 0.200. The monoisotopic (exact) mass is 456 g/mol. The molecule has 8 heteroatoms. The molecule has 0 fully saturated rings. The molecule has 4 aromatic rings. The first-order valence-electron chi connectivity index (χ1n) is 10.7. The molecule has 0 atom stereocenters. The van der Waals surface area contributed by atoms with Crippen LogP contribution >= 0.6 is 11.3 Å². The minimum absolute atomic E-state index is 0.0939. The number of carbonyl (C=O) groups excluding carboxylic acids is 1. The van der Waals surface area contributed by atoms with Gasteiger partial charge in [-0.1, -0.05) is 42.5 Å². The Bertz CT molecular complexity index is 1370. The molecule has 2 aromatic carbocycles. The second-order valence-electron chi connectivity index (χ2n) is 8.10. The van der Waals surface area contributed by atoms with Gasteiger partial charge in [0.2, 0.25) is 5.91 Å². The summed E-state index contributed by atoms with van der Waals surface area (Å²) in [5, 5.41) is 19.8. The number of hydrazone groups is 1. The minimum Gasteiger partial charge on any atom is -0.326 e. The third-order valence-electron chi connectivity index (χ3n) is 5.72. The van der Waals surface area contributed by atoms with Gasteiger partial charge >= 0.3 is 0 Å². The highest BCUT2D eigenvalue weighted by Gasteiger charge is 2.30. The maximum Gasteiger partial charge on any atom is 0.253 e. The fourth-order valence-electron chi connectivity index (χ4n) is 4.00. The molecule has 7 nitrogen and oxygen atoms in total. The number of rotatable bonds is 4. The summed E-state index contributed by atoms with van der Waals surface area (Å²) in [7, 11) is 0. The van der Waals surface area contributed by atoms with E-state index in [4.69, 9.17) is 5.10 Å². The molecular formula is C25H24N6OS. The predicted molar refractivity (Wildman–Crippen MR) is 132 cm³/mol. The summed E-state index contributed by atoms with van der Waals surface area (Å²) in [6, 6.07) is 18.0. The van der Waals surface area contributed by atoms with Crippen LogP contribution in [-0.2, 0) is 11.3 Å². The summed E-state index contributed by atoms with van der Waals surface area (Å²) in [4.78, 5) is 12.7. The van der Waals surface area contributed by atoms with Crippen molar-refractivity contribution in [1.29, 1.82) is 0 Å². The summed E-state index contributed by atoms with van der Waals surface area (Å²) in [5.41, 5.74) is 6.02. The molecule has 0 bridgehead atoms. The molecule has 2 aromatic heterocycles. The smallest absolute Gasteiger partial charge is 0.253 e. The standard InChI is InChI=1S/C25H24N6OS/c1-15-16(2)33-24-22(15)23(20-10-12-21(13-11-20)26-18(4)32)29-30(14-19-8-6-5-7-9-19)25-28-27-17(3)31(24)25/h5-13H,14H2,1-4H3,(H,26,32). The predicted octanol–water partition coefficient (Wildman–Crippen LogP) is 4.99. The topological polar surface area (TPSA) is 75.4 Å². The Morgan fingerprint density at radius 1 is 1.00 bits per heavy atom. The zero-order valence-corrected chi connectivity index (χ0v) is 19.8. The lowest BCUT2D eigenvalue weighted by atomic mass is 10.00. The van der Waals surface area contributed by atoms with E-state index in [1.54, 1.807) is 11.3 Å². The number of nitrogens with zero attached hydrogens (tertiary/aromatic N) is 5. The van der Waals surface area contributed by atoms with Gasteiger partial charge in [-0.05, 0) is 44.0 Å². The van der Waals surface area contributed by atoms with E-state index < -0.39 is 0 Å². The van der Waals surface area contributed by atoms with Crippen molar-refractivity contribution in [3.05, 3.63) is 87.6 Å². The Labute approximate surface area is 196 Å². The van der Waals surface area contributed by atoms with Crippen LogP contribution in [-0.4, -0.2) is 26.4 Å². The van der Waals surface area contributed by atoms with Gasteiger partial charge < -0.3 is 5.32 Å². The van der Waals surface area contributed by atoms with Crippen LogP contribution in [0.3, 0.4) is 0 Å². The molecule has 0 radical (unpaired) electrons. The molecule has 0 saturated carbocycles. The van der Waals surface area contributed by atoms with E-state index in [2.05, 4.69) is 46.1 Å². The number of carbonyl (C=O) groups is 1. The number of hydrogen-bond donors (Lipinski definition) is 1. The van der Waals surface area contributed by atoms with Crippen molar-refractivity contribution in [2.24, 2.45) is 5.10 Å². The summed E-state index contributed by atoms with van der Waals surface area (Å²) in [6.45, 7) is 8.32. The van der Waals surface area contributed by atoms with Crippen LogP contribution in [0.4, 0.5) is 11.6 Å². The van der Waals surface area contributed by atoms with Crippen molar-refractivity contribution in [2.75, 3.05) is 10.3 Å². The molecule has 3 heterocycles. The van der Waals surface area contributed by atoms with Gasteiger partial charge in [-0.25, -0.2) is 5.01 Å². The lowest BCUT2D eigenvalue weighted by Gasteiger charge is -2.18. The number of anilines is 2. The molecule has 1 aliphatic heterocycles. The maximum atomic E-state index is 11.4. The molecule has 1 N–H and O–H groups in total. The number of benzene rings is 2. The summed E-state index contributed by atoms with van der Waals surface area (Å²) in [6.07, 6.45) is 0. The van der Waals surface area contributed by atoms with Crippen molar-refractivity contribution in [1.82, 2.24) is 14.8 Å². The van der Waals surface area contributed by atoms with Crippen LogP contribution in [0.15, 0.2) is 59.7 Å². The van der Waals surface area contributed by atoms with Crippen molar-refractivity contribution < 1.29 is 4.79 Å². The molecule has 1 amide bonds. The van der Waals surface area contributed by atoms with Gasteiger partial charge in [-0.2, -0.15) is 5.10 Å². The molecular weight excluding hydrogens is 432 g/mol. The third-order valence-corrected chi connectivity index (χ3v) is 6.91. The highest BCUT2D eigenvalue weighted by molar-refractivity contribution is 7.15. The summed E-state index contributed by atoms with van der Waals surface area (Å²) < 4.78 is 2.10. The Balaban J connectivity index is 1.70. The van der Waals surface area contributed by atoms with Crippen molar-refractivity contribution in [3.63, 3.8) is 0 Å². The van der Waals surface area contributed by atoms with E-state index in [1.807, 2.05) is 54.4 Å². The van der Waals surface area contributed by atoms with Crippen LogP contribution in [0.2, 0.25) is 0 Å². The summed E-state index contributed by atoms with van der Waals surface area (Å²) in [5.74, 6) is 1.43. The number of aryl methyl sites for hydroxylation is 2. The van der Waals surface area contributed by atoms with Crippen LogP contribution in [0.5, 0.6) is 0 Å². The molecule has 33 heavy (non-hydrogen) atoms. The average molecular weight is 457 g/mol. The first-order valence-corrected chi connectivity index (χ1v) is 11.5. The SMILES string of the molecule is CC(=O)Nc1ccc(C2=NN(Cc3ccccc3)c3nnc(C)n3-c3sc(C)c(C)c32)cc1. The molecule has 5 rings (SSSR count). The summed E-state index contributed by atoms with van der Waals surface area (Å²) >= 11 is 1.73. The molecule has 1 aliphatic rings. The first kappa shape index (κ1) is 21.1. The minimum atomic E-state index is -0.0939. The van der Waals surface area contributed by atoms with Crippen molar-refractivity contribution in [2.45, 2.75) is 34.2 Å². The van der Waals surface area contributed by atoms with Gasteiger partial charge in [0, 0.05) is 28.6 Å². The second-order valence-corrected chi connectivity index (χ2v) is 9.30. The third kappa shape index (κ3) is 3.82. The van der Waals surface area contributed by atoms with E-state index in [1.165, 1.54) is 17.4 Å². The van der Waals surface area contributed by atoms with Gasteiger partial charge in [-0.3, -0.25) is 9.36 Å². The van der Waals surface area contributed by atoms with Crippen LogP contribution in [0.1, 0.15) is 39.9 Å². The highest BCUT2D eigenvalue weighted by Crippen LogP contribution is 2.38. The Hall–Kier alpha value is -3.78. The molecule has 0 saturated heterocycles. The number of hydrogen-bond acceptors (Lipinski definition) is 6. The quantitative estimate of drug-likeness (QED) is 0.470. The van der Waals surface area contributed by atoms with E-state index in [0.29, 0.717) is 12.5 Å². The van der Waals surface area contributed by atoms with Gasteiger partial charge in [0.15, 0.2) is 0 Å². The average Bonchev–Trinajstić information content (AvgIpc) is 3.27. The lowest BCUT2D eigenvalue weighted by Crippen LogP contribution is -2.20. The maximum absolute atomic E-state index is 11.4. The Morgan fingerprint density at radius 3 is 2.42 bits per heavy atom. The van der Waals surface area contributed by atoms with Gasteiger partial charge in [-0.15, -0.1) is 21.5 Å². The number of thiophene rings is 1. The van der Waals surface area contributed by atoms with E-state index in [9.17, 15) is 4.79 Å². The highest BCUT2D eigenvalue weighted by atomic mass is 32.1. The lowest BCUT2D eigenvalue weighted by molar-refractivity contribution is -0.114. The number of fused-ring (bicyclic) bond motifs is 3. The van der Waals surface area contributed by atoms with Crippen LogP contribution < -0.4 is 10.3 Å². The molecule has 0 spiro atoms. The van der Waals surface area contributed by atoms with Gasteiger partial charge in [0.05, 0.1) is 6.54 Å². The normalized spacial score (nSPS) is 12.6. The number of amides is 1. The van der Waals surface area contributed by atoms with E-state index >= 15 is 0 Å². The van der Waals surface area contributed by atoms with Crippen molar-refractivity contribution in [3.8, 4) is 5.00 Å². The van der Waals surface area contributed by atoms with Crippen LogP contribution in [0.25, 0.3) is 5.00 Å². The van der Waals surface area contributed by atoms with Gasteiger partial charge in [0.1, 0.15) is 16.5 Å².